The molecule has 0 bridgehead atoms. The average molecular weight is 565 g/mol. The molecule has 11 nitrogen and oxygen atoms in total. The molecule has 2 aromatic rings. The fraction of sp³-hybridized carbons (Fsp3) is 0.720. The number of nitrogen functional groups attached to an aromatic ring is 1. The smallest absolute Gasteiger partial charge is 0.335 e. The maximum Gasteiger partial charge on any atom is 0.335 e. The molecule has 0 amide bonds. The van der Waals surface area contributed by atoms with Gasteiger partial charge in [-0.1, -0.05) is 55.4 Å². The summed E-state index contributed by atoms with van der Waals surface area (Å²) in [6, 6.07) is 0. The molecule has 0 spiro atoms. The number of hydrogen-bond donors (Lipinski definition) is 3. The lowest BCUT2D eigenvalue weighted by atomic mass is 10.1. The van der Waals surface area contributed by atoms with Crippen LogP contribution in [0.1, 0.15) is 67.2 Å². The highest BCUT2D eigenvalue weighted by Gasteiger charge is 2.61. The summed E-state index contributed by atoms with van der Waals surface area (Å²) >= 11 is 0. The molecule has 4 rings (SSSR count). The van der Waals surface area contributed by atoms with Crippen LogP contribution in [-0.2, 0) is 17.7 Å². The molecule has 0 aliphatic carbocycles. The number of aromatic nitrogens is 3. The Balaban J connectivity index is 1.83. The summed E-state index contributed by atoms with van der Waals surface area (Å²) in [5.41, 5.74) is 14.2. The van der Waals surface area contributed by atoms with Crippen LogP contribution in [0.4, 0.5) is 5.82 Å². The highest BCUT2D eigenvalue weighted by Crippen LogP contribution is 2.48. The highest BCUT2D eigenvalue weighted by molar-refractivity contribution is 6.84. The van der Waals surface area contributed by atoms with E-state index in [-0.39, 0.29) is 40.4 Å². The van der Waals surface area contributed by atoms with Crippen molar-refractivity contribution in [3.8, 4) is 0 Å². The van der Waals surface area contributed by atoms with Crippen LogP contribution >= 0.6 is 0 Å². The molecule has 2 aliphatic rings. The molecule has 212 valence electrons. The van der Waals surface area contributed by atoms with Gasteiger partial charge in [-0.15, -0.1) is 0 Å². The number of fused-ring (bicyclic) bond motifs is 2. The molecule has 4 atom stereocenters. The molecular weight excluding hydrogens is 520 g/mol. The molecule has 0 radical (unpaired) electrons. The molecule has 38 heavy (non-hydrogen) atoms. The second kappa shape index (κ2) is 10.6. The van der Waals surface area contributed by atoms with Crippen molar-refractivity contribution in [2.75, 3.05) is 19.4 Å². The normalized spacial score (nSPS) is 27.9. The molecule has 13 heteroatoms. The predicted octanol–water partition coefficient (Wildman–Crippen LogP) is 3.56. The third-order valence-corrected chi connectivity index (χ3v) is 18.3. The van der Waals surface area contributed by atoms with Gasteiger partial charge in [0.25, 0.3) is 0 Å². The van der Waals surface area contributed by atoms with E-state index in [0.717, 1.165) is 0 Å². The number of nitrogens with two attached hydrogens (primary N) is 2. The Bertz CT molecular complexity index is 1170. The number of aliphatic imine (C=N–C) groups is 1. The van der Waals surface area contributed by atoms with Crippen molar-refractivity contribution in [1.29, 1.82) is 0 Å². The molecule has 0 aromatic carbocycles. The van der Waals surface area contributed by atoms with Crippen molar-refractivity contribution in [1.82, 2.24) is 14.5 Å². The Kier molecular flexibility index (Phi) is 8.12. The lowest BCUT2D eigenvalue weighted by Crippen LogP contribution is -2.65. The van der Waals surface area contributed by atoms with Gasteiger partial charge in [-0.2, -0.15) is 0 Å². The Morgan fingerprint density at radius 1 is 1.05 bits per heavy atom. The Labute approximate surface area is 227 Å². The third kappa shape index (κ3) is 4.51. The molecule has 4 unspecified atom stereocenters. The van der Waals surface area contributed by atoms with Gasteiger partial charge in [0.05, 0.1) is 12.0 Å². The van der Waals surface area contributed by atoms with Gasteiger partial charge in [-0.05, 0) is 22.2 Å². The lowest BCUT2D eigenvalue weighted by molar-refractivity contribution is -0.0568. The first-order valence-corrected chi connectivity index (χ1v) is 17.4. The topological polar surface area (TPSA) is 152 Å². The summed E-state index contributed by atoms with van der Waals surface area (Å²) in [6.07, 6.45) is 0.199. The first-order chi connectivity index (χ1) is 17.8. The minimum absolute atomic E-state index is 0.132. The van der Waals surface area contributed by atoms with Gasteiger partial charge in [0.15, 0.2) is 6.23 Å². The van der Waals surface area contributed by atoms with E-state index in [1.807, 2.05) is 0 Å². The van der Waals surface area contributed by atoms with Gasteiger partial charge in [-0.25, -0.2) is 9.97 Å². The van der Waals surface area contributed by atoms with Gasteiger partial charge >= 0.3 is 17.1 Å². The maximum absolute atomic E-state index is 11.7. The zero-order valence-corrected chi connectivity index (χ0v) is 26.0. The van der Waals surface area contributed by atoms with E-state index in [1.165, 1.54) is 6.33 Å². The molecule has 5 N–H and O–H groups in total. The van der Waals surface area contributed by atoms with Crippen molar-refractivity contribution in [2.45, 2.75) is 102 Å². The standard InChI is InChI=1S/C25H44N6O5Si2/c1-13(2)37(14(3)4)33-11-18-21(35-38(36-37,15(5)6)16(7)8)20(32)25(34-18)31-10-17(22(26)28-9)19-23(27)29-12-30-24(19)31/h10,12-16,18,20-21,25,32H,11H2,1-9H3,(H2,26,28)(H2,27,29,30). The molecule has 4 heterocycles. The quantitative estimate of drug-likeness (QED) is 0.271. The summed E-state index contributed by atoms with van der Waals surface area (Å²) in [5.74, 6) is 0.565. The SMILES string of the molecule is CN=C(N)c1cn(C2OC3CO[Si](C(C)C)(C(C)C)O[Si](C(C)C)(C(C)C)OC3C2O)c2ncnc(N)c12. The first kappa shape index (κ1) is 29.1. The predicted molar refractivity (Wildman–Crippen MR) is 152 cm³/mol. The van der Waals surface area contributed by atoms with E-state index < -0.39 is 41.7 Å². The summed E-state index contributed by atoms with van der Waals surface area (Å²) in [4.78, 5) is 12.7. The number of hydrogen-bond acceptors (Lipinski definition) is 9. The van der Waals surface area contributed by atoms with Crippen LogP contribution in [0, 0.1) is 0 Å². The van der Waals surface area contributed by atoms with Gasteiger partial charge in [0, 0.05) is 18.8 Å². The Morgan fingerprint density at radius 3 is 2.21 bits per heavy atom. The number of amidine groups is 1. The zero-order chi connectivity index (χ0) is 28.2. The number of ether oxygens (including phenoxy) is 1. The Hall–Kier alpha value is -1.88. The van der Waals surface area contributed by atoms with Crippen LogP contribution in [0.5, 0.6) is 0 Å². The lowest BCUT2D eigenvalue weighted by Gasteiger charge is -2.51. The molecular formula is C25H44N6O5Si2. The van der Waals surface area contributed by atoms with Crippen molar-refractivity contribution >= 4 is 39.8 Å². The van der Waals surface area contributed by atoms with Crippen LogP contribution in [0.15, 0.2) is 17.5 Å². The second-order valence-corrected chi connectivity index (χ2v) is 20.5. The highest BCUT2D eigenvalue weighted by atomic mass is 28.5. The van der Waals surface area contributed by atoms with Gasteiger partial charge in [0.1, 0.15) is 41.9 Å². The molecule has 2 fully saturated rings. The number of aliphatic hydroxyl groups is 1. The van der Waals surface area contributed by atoms with E-state index in [9.17, 15) is 5.11 Å². The van der Waals surface area contributed by atoms with Crippen molar-refractivity contribution in [3.05, 3.63) is 18.1 Å². The average Bonchev–Trinajstić information content (AvgIpc) is 3.36. The fourth-order valence-corrected chi connectivity index (χ4v) is 17.2. The largest absolute Gasteiger partial charge is 0.414 e. The van der Waals surface area contributed by atoms with Crippen LogP contribution in [-0.4, -0.2) is 74.6 Å². The molecule has 2 saturated heterocycles. The monoisotopic (exact) mass is 564 g/mol. The number of nitrogens with zero attached hydrogens (tertiary/aromatic N) is 4. The fourth-order valence-electron chi connectivity index (χ4n) is 5.98. The minimum Gasteiger partial charge on any atom is -0.414 e. The van der Waals surface area contributed by atoms with E-state index in [1.54, 1.807) is 17.8 Å². The van der Waals surface area contributed by atoms with E-state index in [0.29, 0.717) is 16.6 Å². The molecule has 2 aromatic heterocycles. The Morgan fingerprint density at radius 2 is 1.66 bits per heavy atom. The minimum atomic E-state index is -2.92. The van der Waals surface area contributed by atoms with Gasteiger partial charge in [-0.3, -0.25) is 4.99 Å². The number of aliphatic hydroxyl groups excluding tert-OH is 1. The number of anilines is 1. The second-order valence-electron chi connectivity index (χ2n) is 11.6. The van der Waals surface area contributed by atoms with E-state index in [2.05, 4.69) is 70.4 Å². The molecule has 2 aliphatic heterocycles. The van der Waals surface area contributed by atoms with Crippen LogP contribution in [0.3, 0.4) is 0 Å². The van der Waals surface area contributed by atoms with Gasteiger partial charge < -0.3 is 38.8 Å². The van der Waals surface area contributed by atoms with Crippen molar-refractivity contribution < 1.29 is 22.8 Å². The third-order valence-electron chi connectivity index (χ3n) is 8.07. The molecule has 0 saturated carbocycles. The van der Waals surface area contributed by atoms with E-state index in [4.69, 9.17) is 29.2 Å². The van der Waals surface area contributed by atoms with Crippen LogP contribution in [0.2, 0.25) is 22.2 Å². The number of rotatable bonds is 6. The van der Waals surface area contributed by atoms with Crippen molar-refractivity contribution in [3.63, 3.8) is 0 Å². The van der Waals surface area contributed by atoms with Crippen LogP contribution < -0.4 is 11.5 Å². The summed E-state index contributed by atoms with van der Waals surface area (Å²) in [5, 5.41) is 12.3. The van der Waals surface area contributed by atoms with Crippen LogP contribution in [0.25, 0.3) is 11.0 Å². The summed E-state index contributed by atoms with van der Waals surface area (Å²) in [6.45, 7) is 17.6. The summed E-state index contributed by atoms with van der Waals surface area (Å²) < 4.78 is 29.4. The van der Waals surface area contributed by atoms with Gasteiger partial charge in [0.2, 0.25) is 0 Å². The summed E-state index contributed by atoms with van der Waals surface area (Å²) in [7, 11) is -4.04. The first-order valence-electron chi connectivity index (χ1n) is 13.5. The van der Waals surface area contributed by atoms with Crippen molar-refractivity contribution in [2.24, 2.45) is 10.7 Å². The maximum atomic E-state index is 11.7. The van der Waals surface area contributed by atoms with E-state index >= 15 is 0 Å². The zero-order valence-electron chi connectivity index (χ0n) is 24.0.